The molecule has 156 valence electrons. The van der Waals surface area contributed by atoms with Gasteiger partial charge in [0.1, 0.15) is 4.21 Å². The van der Waals surface area contributed by atoms with Crippen molar-refractivity contribution in [2.24, 2.45) is 0 Å². The van der Waals surface area contributed by atoms with E-state index in [9.17, 15) is 23.3 Å². The van der Waals surface area contributed by atoms with Crippen molar-refractivity contribution in [3.8, 4) is 0 Å². The van der Waals surface area contributed by atoms with Crippen LogP contribution in [0.25, 0.3) is 0 Å². The van der Waals surface area contributed by atoms with Gasteiger partial charge in [0.25, 0.3) is 11.6 Å². The highest BCUT2D eigenvalue weighted by molar-refractivity contribution is 7.99. The van der Waals surface area contributed by atoms with Gasteiger partial charge < -0.3 is 0 Å². The number of nitrogens with zero attached hydrogens (tertiary/aromatic N) is 2. The zero-order valence-electron chi connectivity index (χ0n) is 15.9. The first-order valence-corrected chi connectivity index (χ1v) is 11.9. The number of rotatable bonds is 7. The fourth-order valence-corrected chi connectivity index (χ4v) is 5.70. The first kappa shape index (κ1) is 21.9. The van der Waals surface area contributed by atoms with Crippen LogP contribution in [0.3, 0.4) is 0 Å². The largest absolute Gasteiger partial charge is 0.298 e. The Balaban J connectivity index is 1.73. The molecule has 0 spiro atoms. The van der Waals surface area contributed by atoms with Crippen LogP contribution in [-0.2, 0) is 9.84 Å². The standard InChI is InChI=1S/C19H17N3O5S3/c1-12(2)28-15-7-3-13(4-8-15)18(23)21-19-20-11-17(29-19)30(26,27)16-9-5-14(6-10-16)22(24)25/h3-12H,1-2H3,(H,20,21,23). The molecule has 2 aromatic carbocycles. The number of anilines is 1. The van der Waals surface area contributed by atoms with Gasteiger partial charge >= 0.3 is 0 Å². The zero-order valence-corrected chi connectivity index (χ0v) is 18.4. The van der Waals surface area contributed by atoms with Gasteiger partial charge in [-0.05, 0) is 36.4 Å². The lowest BCUT2D eigenvalue weighted by molar-refractivity contribution is -0.384. The fraction of sp³-hybridized carbons (Fsp3) is 0.158. The number of sulfone groups is 1. The lowest BCUT2D eigenvalue weighted by Crippen LogP contribution is -2.11. The number of carbonyl (C=O) groups is 1. The minimum atomic E-state index is -3.90. The Morgan fingerprint density at radius 1 is 1.13 bits per heavy atom. The summed E-state index contributed by atoms with van der Waals surface area (Å²) in [6, 6.07) is 11.7. The summed E-state index contributed by atoms with van der Waals surface area (Å²) >= 11 is 2.49. The van der Waals surface area contributed by atoms with Crippen molar-refractivity contribution >= 4 is 49.7 Å². The Kier molecular flexibility index (Phi) is 6.54. The number of nitrogens with one attached hydrogen (secondary N) is 1. The molecule has 0 bridgehead atoms. The number of nitro benzene ring substituents is 1. The molecule has 1 amide bonds. The van der Waals surface area contributed by atoms with E-state index in [1.54, 1.807) is 23.9 Å². The topological polar surface area (TPSA) is 119 Å². The molecule has 8 nitrogen and oxygen atoms in total. The maximum Gasteiger partial charge on any atom is 0.269 e. The highest BCUT2D eigenvalue weighted by Crippen LogP contribution is 2.30. The molecule has 0 saturated heterocycles. The highest BCUT2D eigenvalue weighted by Gasteiger charge is 2.22. The maximum atomic E-state index is 12.7. The molecule has 0 aliphatic carbocycles. The van der Waals surface area contributed by atoms with Crippen LogP contribution in [0.15, 0.2) is 68.7 Å². The van der Waals surface area contributed by atoms with Gasteiger partial charge in [0, 0.05) is 27.8 Å². The second-order valence-electron chi connectivity index (χ2n) is 6.38. The molecule has 1 aromatic heterocycles. The molecule has 1 N–H and O–H groups in total. The number of non-ortho nitro benzene ring substituents is 1. The minimum absolute atomic E-state index is 0.0738. The van der Waals surface area contributed by atoms with E-state index in [-0.39, 0.29) is 19.9 Å². The number of hydrogen-bond acceptors (Lipinski definition) is 8. The molecule has 30 heavy (non-hydrogen) atoms. The van der Waals surface area contributed by atoms with E-state index in [1.807, 2.05) is 12.1 Å². The van der Waals surface area contributed by atoms with Crippen LogP contribution in [-0.4, -0.2) is 29.5 Å². The number of aromatic nitrogens is 1. The third-order valence-electron chi connectivity index (χ3n) is 3.82. The van der Waals surface area contributed by atoms with Gasteiger partial charge in [-0.25, -0.2) is 13.4 Å². The molecule has 0 saturated carbocycles. The van der Waals surface area contributed by atoms with Crippen molar-refractivity contribution in [1.29, 1.82) is 0 Å². The number of hydrogen-bond donors (Lipinski definition) is 1. The second-order valence-corrected chi connectivity index (χ2v) is 11.2. The summed E-state index contributed by atoms with van der Waals surface area (Å²) in [5.74, 6) is -0.398. The number of thiazole rings is 1. The molecule has 0 aliphatic heterocycles. The first-order valence-electron chi connectivity index (χ1n) is 8.70. The van der Waals surface area contributed by atoms with Crippen molar-refractivity contribution in [3.63, 3.8) is 0 Å². The summed E-state index contributed by atoms with van der Waals surface area (Å²) in [7, 11) is -3.90. The molecule has 0 unspecified atom stereocenters. The van der Waals surface area contributed by atoms with Crippen LogP contribution in [0.2, 0.25) is 0 Å². The average Bonchev–Trinajstić information content (AvgIpc) is 3.17. The van der Waals surface area contributed by atoms with Crippen LogP contribution >= 0.6 is 23.1 Å². The normalized spacial score (nSPS) is 11.4. The number of amides is 1. The van der Waals surface area contributed by atoms with Gasteiger partial charge in [-0.1, -0.05) is 25.2 Å². The highest BCUT2D eigenvalue weighted by atomic mass is 32.2. The van der Waals surface area contributed by atoms with Crippen LogP contribution < -0.4 is 5.32 Å². The van der Waals surface area contributed by atoms with Gasteiger partial charge in [-0.15, -0.1) is 11.8 Å². The SMILES string of the molecule is CC(C)Sc1ccc(C(=O)Nc2ncc(S(=O)(=O)c3ccc([N+](=O)[O-])cc3)s2)cc1. The van der Waals surface area contributed by atoms with Crippen LogP contribution in [0.1, 0.15) is 24.2 Å². The summed E-state index contributed by atoms with van der Waals surface area (Å²) in [6.45, 7) is 4.16. The number of benzene rings is 2. The average molecular weight is 464 g/mol. The summed E-state index contributed by atoms with van der Waals surface area (Å²) in [5.41, 5.74) is 0.224. The minimum Gasteiger partial charge on any atom is -0.298 e. The Hall–Kier alpha value is -2.76. The molecule has 0 radical (unpaired) electrons. The summed E-state index contributed by atoms with van der Waals surface area (Å²) in [5, 5.41) is 13.9. The molecule has 0 atom stereocenters. The van der Waals surface area contributed by atoms with E-state index in [2.05, 4.69) is 24.1 Å². The predicted molar refractivity (Wildman–Crippen MR) is 116 cm³/mol. The molecule has 3 rings (SSSR count). The van der Waals surface area contributed by atoms with Crippen molar-refractivity contribution in [1.82, 2.24) is 4.98 Å². The lowest BCUT2D eigenvalue weighted by Gasteiger charge is -2.06. The smallest absolute Gasteiger partial charge is 0.269 e. The number of thioether (sulfide) groups is 1. The number of nitro groups is 1. The van der Waals surface area contributed by atoms with E-state index in [1.165, 1.54) is 12.1 Å². The Morgan fingerprint density at radius 2 is 1.77 bits per heavy atom. The predicted octanol–water partition coefficient (Wildman–Crippen LogP) is 4.64. The van der Waals surface area contributed by atoms with Gasteiger partial charge in [0.05, 0.1) is 16.0 Å². The lowest BCUT2D eigenvalue weighted by atomic mass is 10.2. The van der Waals surface area contributed by atoms with Gasteiger partial charge in [0.2, 0.25) is 9.84 Å². The maximum absolute atomic E-state index is 12.7. The summed E-state index contributed by atoms with van der Waals surface area (Å²) < 4.78 is 25.3. The Morgan fingerprint density at radius 3 is 2.33 bits per heavy atom. The van der Waals surface area contributed by atoms with E-state index < -0.39 is 20.7 Å². The third-order valence-corrected chi connectivity index (χ3v) is 7.98. The molecule has 0 fully saturated rings. The van der Waals surface area contributed by atoms with Gasteiger partial charge in [-0.2, -0.15) is 0 Å². The van der Waals surface area contributed by atoms with Gasteiger partial charge in [-0.3, -0.25) is 20.2 Å². The third kappa shape index (κ3) is 5.04. The van der Waals surface area contributed by atoms with Crippen LogP contribution in [0, 0.1) is 10.1 Å². The molecule has 11 heteroatoms. The van der Waals surface area contributed by atoms with Crippen LogP contribution in [0.4, 0.5) is 10.8 Å². The second kappa shape index (κ2) is 8.94. The molecule has 3 aromatic rings. The van der Waals surface area contributed by atoms with Crippen molar-refractivity contribution in [3.05, 3.63) is 70.4 Å². The van der Waals surface area contributed by atoms with E-state index in [0.717, 1.165) is 34.6 Å². The van der Waals surface area contributed by atoms with Crippen molar-refractivity contribution in [2.75, 3.05) is 5.32 Å². The molecular formula is C19H17N3O5S3. The van der Waals surface area contributed by atoms with Crippen LogP contribution in [0.5, 0.6) is 0 Å². The molecule has 1 heterocycles. The first-order chi connectivity index (χ1) is 14.2. The van der Waals surface area contributed by atoms with E-state index in [4.69, 9.17) is 0 Å². The molecular weight excluding hydrogens is 446 g/mol. The molecule has 0 aliphatic rings. The van der Waals surface area contributed by atoms with E-state index in [0.29, 0.717) is 10.8 Å². The van der Waals surface area contributed by atoms with E-state index >= 15 is 0 Å². The Labute approximate surface area is 181 Å². The zero-order chi connectivity index (χ0) is 21.9. The fourth-order valence-electron chi connectivity index (χ4n) is 2.43. The summed E-state index contributed by atoms with van der Waals surface area (Å²) in [4.78, 5) is 27.5. The monoisotopic (exact) mass is 463 g/mol. The summed E-state index contributed by atoms with van der Waals surface area (Å²) in [6.07, 6.45) is 1.15. The quantitative estimate of drug-likeness (QED) is 0.308. The number of carbonyl (C=O) groups excluding carboxylic acids is 1. The van der Waals surface area contributed by atoms with Gasteiger partial charge in [0.15, 0.2) is 5.13 Å². The van der Waals surface area contributed by atoms with Crippen molar-refractivity contribution in [2.45, 2.75) is 33.1 Å². The Bertz CT molecular complexity index is 1170. The van der Waals surface area contributed by atoms with Crippen molar-refractivity contribution < 1.29 is 18.1 Å².